The number of aliphatic hydroxyl groups is 1. The molecule has 0 aliphatic carbocycles. The van der Waals surface area contributed by atoms with Gasteiger partial charge in [0.2, 0.25) is 0 Å². The van der Waals surface area contributed by atoms with Crippen molar-refractivity contribution in [2.45, 2.75) is 38.9 Å². The van der Waals surface area contributed by atoms with Crippen molar-refractivity contribution in [1.82, 2.24) is 5.32 Å². The lowest BCUT2D eigenvalue weighted by Gasteiger charge is -2.27. The molecule has 0 saturated carbocycles. The lowest BCUT2D eigenvalue weighted by atomic mass is 10.0. The number of halogens is 3. The SMILES string of the molecule is CCC(C)(CO)NC(=O)Nc1ccc(C)cc1OCC(F)(F)F. The molecular formula is C15H21F3N2O3. The van der Waals surface area contributed by atoms with E-state index in [1.165, 1.54) is 12.1 Å². The fourth-order valence-electron chi connectivity index (χ4n) is 1.68. The Morgan fingerprint density at radius 3 is 2.52 bits per heavy atom. The van der Waals surface area contributed by atoms with Gasteiger partial charge in [-0.2, -0.15) is 13.2 Å². The second-order valence-corrected chi connectivity index (χ2v) is 5.55. The van der Waals surface area contributed by atoms with Crippen LogP contribution in [-0.4, -0.2) is 36.1 Å². The maximum absolute atomic E-state index is 12.3. The number of ether oxygens (including phenoxy) is 1. The number of aliphatic hydroxyl groups excluding tert-OH is 1. The van der Waals surface area contributed by atoms with Crippen molar-refractivity contribution in [3.63, 3.8) is 0 Å². The zero-order valence-electron chi connectivity index (χ0n) is 13.3. The minimum Gasteiger partial charge on any atom is -0.482 e. The summed E-state index contributed by atoms with van der Waals surface area (Å²) < 4.78 is 41.6. The first kappa shape index (κ1) is 19.1. The van der Waals surface area contributed by atoms with E-state index >= 15 is 0 Å². The molecule has 1 atom stereocenters. The highest BCUT2D eigenvalue weighted by molar-refractivity contribution is 5.91. The maximum atomic E-state index is 12.3. The predicted molar refractivity (Wildman–Crippen MR) is 80.7 cm³/mol. The Hall–Kier alpha value is -1.96. The van der Waals surface area contributed by atoms with Gasteiger partial charge in [0.1, 0.15) is 5.75 Å². The number of nitrogens with one attached hydrogen (secondary N) is 2. The summed E-state index contributed by atoms with van der Waals surface area (Å²) in [5, 5.41) is 14.3. The Balaban J connectivity index is 2.85. The van der Waals surface area contributed by atoms with Gasteiger partial charge in [0, 0.05) is 0 Å². The van der Waals surface area contributed by atoms with Crippen LogP contribution in [0.5, 0.6) is 5.75 Å². The van der Waals surface area contributed by atoms with Crippen LogP contribution in [0.15, 0.2) is 18.2 Å². The molecule has 1 unspecified atom stereocenters. The van der Waals surface area contributed by atoms with Crippen molar-refractivity contribution in [2.75, 3.05) is 18.5 Å². The Kier molecular flexibility index (Phi) is 6.26. The van der Waals surface area contributed by atoms with Crippen molar-refractivity contribution in [2.24, 2.45) is 0 Å². The number of hydrogen-bond donors (Lipinski definition) is 3. The average Bonchev–Trinajstić information content (AvgIpc) is 2.46. The van der Waals surface area contributed by atoms with Crippen molar-refractivity contribution < 1.29 is 27.8 Å². The Labute approximate surface area is 132 Å². The second-order valence-electron chi connectivity index (χ2n) is 5.55. The summed E-state index contributed by atoms with van der Waals surface area (Å²) in [7, 11) is 0. The molecule has 0 bridgehead atoms. The monoisotopic (exact) mass is 334 g/mol. The first-order valence-corrected chi connectivity index (χ1v) is 7.09. The average molecular weight is 334 g/mol. The number of anilines is 1. The van der Waals surface area contributed by atoms with E-state index in [0.717, 1.165) is 0 Å². The lowest BCUT2D eigenvalue weighted by molar-refractivity contribution is -0.153. The number of benzene rings is 1. The third kappa shape index (κ3) is 6.35. The van der Waals surface area contributed by atoms with E-state index < -0.39 is 24.4 Å². The van der Waals surface area contributed by atoms with Crippen molar-refractivity contribution >= 4 is 11.7 Å². The minimum absolute atomic E-state index is 0.0697. The van der Waals surface area contributed by atoms with Crippen LogP contribution in [0.2, 0.25) is 0 Å². The molecule has 0 aliphatic heterocycles. The number of rotatable bonds is 6. The zero-order chi connectivity index (χ0) is 17.7. The van der Waals surface area contributed by atoms with Crippen LogP contribution in [0.3, 0.4) is 0 Å². The normalized spacial score (nSPS) is 14.0. The molecule has 1 aromatic carbocycles. The van der Waals surface area contributed by atoms with Gasteiger partial charge in [-0.05, 0) is 38.0 Å². The molecule has 8 heteroatoms. The third-order valence-corrected chi connectivity index (χ3v) is 3.32. The molecule has 5 nitrogen and oxygen atoms in total. The van der Waals surface area contributed by atoms with E-state index in [1.54, 1.807) is 26.8 Å². The molecular weight excluding hydrogens is 313 g/mol. The molecule has 3 N–H and O–H groups in total. The smallest absolute Gasteiger partial charge is 0.422 e. The fraction of sp³-hybridized carbons (Fsp3) is 0.533. The third-order valence-electron chi connectivity index (χ3n) is 3.32. The number of urea groups is 1. The van der Waals surface area contributed by atoms with E-state index in [2.05, 4.69) is 10.6 Å². The van der Waals surface area contributed by atoms with Crippen LogP contribution >= 0.6 is 0 Å². The summed E-state index contributed by atoms with van der Waals surface area (Å²) in [4.78, 5) is 12.0. The van der Waals surface area contributed by atoms with Gasteiger partial charge < -0.3 is 20.5 Å². The van der Waals surface area contributed by atoms with E-state index in [-0.39, 0.29) is 18.0 Å². The summed E-state index contributed by atoms with van der Waals surface area (Å²) in [6.45, 7) is 3.44. The van der Waals surface area contributed by atoms with Gasteiger partial charge in [-0.15, -0.1) is 0 Å². The largest absolute Gasteiger partial charge is 0.482 e. The summed E-state index contributed by atoms with van der Waals surface area (Å²) in [6.07, 6.45) is -3.98. The highest BCUT2D eigenvalue weighted by Crippen LogP contribution is 2.28. The molecule has 1 aromatic rings. The summed E-state index contributed by atoms with van der Waals surface area (Å²) in [5.74, 6) is -0.0697. The molecule has 0 saturated heterocycles. The van der Waals surface area contributed by atoms with E-state index in [1.807, 2.05) is 0 Å². The van der Waals surface area contributed by atoms with Crippen molar-refractivity contribution in [1.29, 1.82) is 0 Å². The molecule has 0 fully saturated rings. The molecule has 0 aliphatic rings. The Bertz CT molecular complexity index is 543. The van der Waals surface area contributed by atoms with Crippen molar-refractivity contribution in [3.05, 3.63) is 23.8 Å². The number of hydrogen-bond acceptors (Lipinski definition) is 3. The van der Waals surface area contributed by atoms with Crippen molar-refractivity contribution in [3.8, 4) is 5.75 Å². The Morgan fingerprint density at radius 2 is 2.00 bits per heavy atom. The standard InChI is InChI=1S/C15H21F3N2O3/c1-4-14(3,8-21)20-13(22)19-11-6-5-10(2)7-12(11)23-9-15(16,17)18/h5-7,21H,4,8-9H2,1-3H3,(H2,19,20,22). The summed E-state index contributed by atoms with van der Waals surface area (Å²) in [6, 6.07) is 3.88. The lowest BCUT2D eigenvalue weighted by Crippen LogP contribution is -2.50. The number of amides is 2. The van der Waals surface area contributed by atoms with Gasteiger partial charge in [-0.25, -0.2) is 4.79 Å². The molecule has 0 heterocycles. The number of aryl methyl sites for hydroxylation is 1. The van der Waals surface area contributed by atoms with Crippen LogP contribution in [0.1, 0.15) is 25.8 Å². The van der Waals surface area contributed by atoms with E-state index in [9.17, 15) is 23.1 Å². The highest BCUT2D eigenvalue weighted by Gasteiger charge is 2.29. The van der Waals surface area contributed by atoms with Crippen LogP contribution < -0.4 is 15.4 Å². The van der Waals surface area contributed by atoms with Gasteiger partial charge >= 0.3 is 12.2 Å². The van der Waals surface area contributed by atoms with Gasteiger partial charge in [0.05, 0.1) is 17.8 Å². The Morgan fingerprint density at radius 1 is 1.35 bits per heavy atom. The van der Waals surface area contributed by atoms with E-state index in [0.29, 0.717) is 12.0 Å². The van der Waals surface area contributed by atoms with Gasteiger partial charge in [0.15, 0.2) is 6.61 Å². The molecule has 0 radical (unpaired) electrons. The molecule has 0 aromatic heterocycles. The first-order valence-electron chi connectivity index (χ1n) is 7.09. The molecule has 23 heavy (non-hydrogen) atoms. The molecule has 1 rings (SSSR count). The van der Waals surface area contributed by atoms with Gasteiger partial charge in [0.25, 0.3) is 0 Å². The van der Waals surface area contributed by atoms with Crippen LogP contribution in [-0.2, 0) is 0 Å². The molecule has 130 valence electrons. The number of carbonyl (C=O) groups is 1. The summed E-state index contributed by atoms with van der Waals surface area (Å²) in [5.41, 5.74) is -0.00229. The first-order chi connectivity index (χ1) is 10.6. The molecule has 0 spiro atoms. The quantitative estimate of drug-likeness (QED) is 0.748. The van der Waals surface area contributed by atoms with E-state index in [4.69, 9.17) is 4.74 Å². The maximum Gasteiger partial charge on any atom is 0.422 e. The number of alkyl halides is 3. The zero-order valence-corrected chi connectivity index (χ0v) is 13.3. The second kappa shape index (κ2) is 7.54. The van der Waals surface area contributed by atoms with Crippen LogP contribution in [0.4, 0.5) is 23.7 Å². The number of carbonyl (C=O) groups excluding carboxylic acids is 1. The highest BCUT2D eigenvalue weighted by atomic mass is 19.4. The summed E-state index contributed by atoms with van der Waals surface area (Å²) >= 11 is 0. The topological polar surface area (TPSA) is 70.6 Å². The van der Waals surface area contributed by atoms with Gasteiger partial charge in [-0.1, -0.05) is 13.0 Å². The minimum atomic E-state index is -4.47. The van der Waals surface area contributed by atoms with Crippen LogP contribution in [0, 0.1) is 6.92 Å². The predicted octanol–water partition coefficient (Wildman–Crippen LogP) is 3.22. The van der Waals surface area contributed by atoms with Gasteiger partial charge in [-0.3, -0.25) is 0 Å². The van der Waals surface area contributed by atoms with Crippen LogP contribution in [0.25, 0.3) is 0 Å². The fourth-order valence-corrected chi connectivity index (χ4v) is 1.68. The molecule has 2 amide bonds.